The van der Waals surface area contributed by atoms with Crippen molar-refractivity contribution in [1.29, 1.82) is 0 Å². The van der Waals surface area contributed by atoms with Crippen molar-refractivity contribution in [2.45, 2.75) is 18.9 Å². The Morgan fingerprint density at radius 3 is 2.23 bits per heavy atom. The Bertz CT molecular complexity index is 756. The second-order valence-electron chi connectivity index (χ2n) is 6.67. The summed E-state index contributed by atoms with van der Waals surface area (Å²) in [4.78, 5) is 25.5. The van der Waals surface area contributed by atoms with Gasteiger partial charge in [-0.05, 0) is 24.3 Å². The Morgan fingerprint density at radius 1 is 1.04 bits per heavy atom. The third kappa shape index (κ3) is 4.26. The summed E-state index contributed by atoms with van der Waals surface area (Å²) in [5, 5.41) is 2.88. The molecule has 2 amide bonds. The van der Waals surface area contributed by atoms with Crippen molar-refractivity contribution in [1.82, 2.24) is 0 Å². The molecule has 0 aliphatic carbocycles. The number of halogens is 1. The second-order valence-corrected chi connectivity index (χ2v) is 6.67. The molecule has 1 fully saturated rings. The van der Waals surface area contributed by atoms with Crippen molar-refractivity contribution >= 4 is 17.5 Å². The summed E-state index contributed by atoms with van der Waals surface area (Å²) in [6.07, 6.45) is 1.36. The summed E-state index contributed by atoms with van der Waals surface area (Å²) in [5.41, 5.74) is 6.89. The molecule has 0 aromatic heterocycles. The number of carbonyl (C=O) groups is 2. The van der Waals surface area contributed by atoms with Gasteiger partial charge in [-0.25, -0.2) is 4.39 Å². The number of nitrogens with one attached hydrogen (secondary N) is 2. The zero-order chi connectivity index (χ0) is 18.5. The lowest BCUT2D eigenvalue weighted by Gasteiger charge is -2.33. The lowest BCUT2D eigenvalue weighted by Crippen LogP contribution is -3.14. The van der Waals surface area contributed by atoms with Gasteiger partial charge in [0.25, 0.3) is 5.91 Å². The molecule has 0 saturated carbocycles. The van der Waals surface area contributed by atoms with Gasteiger partial charge in [-0.2, -0.15) is 0 Å². The number of piperidine rings is 1. The number of anilines is 1. The molecule has 1 saturated heterocycles. The van der Waals surface area contributed by atoms with Crippen molar-refractivity contribution < 1.29 is 18.9 Å². The highest BCUT2D eigenvalue weighted by Gasteiger charge is 2.36. The Morgan fingerprint density at radius 2 is 1.65 bits per heavy atom. The van der Waals surface area contributed by atoms with Crippen LogP contribution in [-0.2, 0) is 9.59 Å². The van der Waals surface area contributed by atoms with Crippen LogP contribution in [0.1, 0.15) is 24.4 Å². The monoisotopic (exact) mass is 356 g/mol. The predicted octanol–water partition coefficient (Wildman–Crippen LogP) is 1.29. The second kappa shape index (κ2) is 8.10. The highest BCUT2D eigenvalue weighted by atomic mass is 19.1. The molecule has 1 atom stereocenters. The molecule has 1 heterocycles. The first-order valence-electron chi connectivity index (χ1n) is 8.80. The number of amides is 2. The average Bonchev–Trinajstić information content (AvgIpc) is 2.65. The molecule has 0 spiro atoms. The first-order valence-corrected chi connectivity index (χ1v) is 8.80. The average molecular weight is 356 g/mol. The minimum Gasteiger partial charge on any atom is -0.369 e. The summed E-state index contributed by atoms with van der Waals surface area (Å²) in [5.74, 6) is -0.872. The summed E-state index contributed by atoms with van der Waals surface area (Å²) >= 11 is 0. The zero-order valence-corrected chi connectivity index (χ0v) is 14.5. The van der Waals surface area contributed by atoms with E-state index in [1.54, 1.807) is 12.1 Å². The van der Waals surface area contributed by atoms with E-state index in [9.17, 15) is 14.0 Å². The number of benzene rings is 2. The van der Waals surface area contributed by atoms with Gasteiger partial charge in [-0.1, -0.05) is 30.3 Å². The first-order chi connectivity index (χ1) is 12.5. The van der Waals surface area contributed by atoms with Gasteiger partial charge in [0.2, 0.25) is 5.91 Å². The molecule has 1 aliphatic heterocycles. The van der Waals surface area contributed by atoms with Gasteiger partial charge in [0.1, 0.15) is 5.82 Å². The van der Waals surface area contributed by atoms with Crippen molar-refractivity contribution in [3.63, 3.8) is 0 Å². The van der Waals surface area contributed by atoms with Gasteiger partial charge in [0.15, 0.2) is 6.04 Å². The van der Waals surface area contributed by atoms with Crippen molar-refractivity contribution in [3.05, 3.63) is 66.0 Å². The molecule has 26 heavy (non-hydrogen) atoms. The molecule has 4 N–H and O–H groups in total. The van der Waals surface area contributed by atoms with Gasteiger partial charge in [0.05, 0.1) is 13.1 Å². The van der Waals surface area contributed by atoms with Gasteiger partial charge < -0.3 is 16.0 Å². The molecule has 2 aromatic rings. The normalized spacial score (nSPS) is 21.0. The quantitative estimate of drug-likeness (QED) is 0.755. The Labute approximate surface area is 152 Å². The number of nitrogens with two attached hydrogens (primary N) is 1. The molecule has 3 rings (SSSR count). The topological polar surface area (TPSA) is 76.6 Å². The van der Waals surface area contributed by atoms with Crippen molar-refractivity contribution in [2.75, 3.05) is 18.4 Å². The number of quaternary nitrogens is 1. The Hall–Kier alpha value is -2.73. The van der Waals surface area contributed by atoms with E-state index in [4.69, 9.17) is 5.73 Å². The highest BCUT2D eigenvalue weighted by molar-refractivity contribution is 5.94. The summed E-state index contributed by atoms with van der Waals surface area (Å²) < 4.78 is 13.1. The van der Waals surface area contributed by atoms with Gasteiger partial charge in [-0.15, -0.1) is 0 Å². The van der Waals surface area contributed by atoms with Crippen molar-refractivity contribution in [2.24, 2.45) is 11.7 Å². The standard InChI is InChI=1S/C20H22FN3O2/c21-16-6-8-17(9-7-16)23-20(26)18(14-4-2-1-3-5-14)24-12-10-15(11-13-24)19(22)25/h1-9,15,18H,10-13H2,(H2,22,25)(H,23,26)/p+1/t18-/m0/s1. The highest BCUT2D eigenvalue weighted by Crippen LogP contribution is 2.17. The van der Waals surface area contributed by atoms with Crippen LogP contribution in [0.5, 0.6) is 0 Å². The van der Waals surface area contributed by atoms with Crippen molar-refractivity contribution in [3.8, 4) is 0 Å². The Kier molecular flexibility index (Phi) is 5.63. The van der Waals surface area contributed by atoms with Crippen LogP contribution in [0.2, 0.25) is 0 Å². The fourth-order valence-corrected chi connectivity index (χ4v) is 3.53. The van der Waals surface area contributed by atoms with Crippen LogP contribution in [0.3, 0.4) is 0 Å². The summed E-state index contributed by atoms with van der Waals surface area (Å²) in [6, 6.07) is 14.9. The molecule has 2 aromatic carbocycles. The fourth-order valence-electron chi connectivity index (χ4n) is 3.53. The third-order valence-electron chi connectivity index (χ3n) is 4.95. The maximum atomic E-state index is 13.1. The lowest BCUT2D eigenvalue weighted by molar-refractivity contribution is -0.927. The Balaban J connectivity index is 1.79. The fraction of sp³-hybridized carbons (Fsp3) is 0.300. The largest absolute Gasteiger partial charge is 0.369 e. The number of carbonyl (C=O) groups excluding carboxylic acids is 2. The minimum absolute atomic E-state index is 0.115. The van der Waals surface area contributed by atoms with E-state index in [1.807, 2.05) is 30.3 Å². The van der Waals surface area contributed by atoms with Crippen LogP contribution in [0, 0.1) is 11.7 Å². The molecule has 136 valence electrons. The SMILES string of the molecule is NC(=O)C1CC[NH+]([C@H](C(=O)Nc2ccc(F)cc2)c2ccccc2)CC1. The molecule has 1 aliphatic rings. The van der Waals surface area contributed by atoms with Crippen LogP contribution in [0.4, 0.5) is 10.1 Å². The summed E-state index contributed by atoms with van der Waals surface area (Å²) in [7, 11) is 0. The minimum atomic E-state index is -0.393. The van der Waals surface area contributed by atoms with Crippen LogP contribution >= 0.6 is 0 Å². The maximum absolute atomic E-state index is 13.1. The van der Waals surface area contributed by atoms with E-state index in [-0.39, 0.29) is 23.5 Å². The van der Waals surface area contributed by atoms with Gasteiger partial charge in [0, 0.05) is 30.0 Å². The molecule has 6 heteroatoms. The number of hydrogen-bond donors (Lipinski definition) is 3. The van der Waals surface area contributed by atoms with E-state index >= 15 is 0 Å². The molecule has 5 nitrogen and oxygen atoms in total. The van der Waals surface area contributed by atoms with Crippen LogP contribution in [0.15, 0.2) is 54.6 Å². The van der Waals surface area contributed by atoms with Gasteiger partial charge in [-0.3, -0.25) is 9.59 Å². The van der Waals surface area contributed by atoms with E-state index < -0.39 is 6.04 Å². The number of hydrogen-bond acceptors (Lipinski definition) is 2. The van der Waals surface area contributed by atoms with Crippen LogP contribution in [0.25, 0.3) is 0 Å². The number of likely N-dealkylation sites (tertiary alicyclic amines) is 1. The van der Waals surface area contributed by atoms with Gasteiger partial charge >= 0.3 is 0 Å². The molecular formula is C20H23FN3O2+. The van der Waals surface area contributed by atoms with E-state index in [1.165, 1.54) is 12.1 Å². The molecule has 0 radical (unpaired) electrons. The number of rotatable bonds is 5. The zero-order valence-electron chi connectivity index (χ0n) is 14.5. The van der Waals surface area contributed by atoms with Crippen LogP contribution in [-0.4, -0.2) is 24.9 Å². The number of primary amides is 1. The molecule has 0 bridgehead atoms. The molecular weight excluding hydrogens is 333 g/mol. The predicted molar refractivity (Wildman–Crippen MR) is 96.8 cm³/mol. The first kappa shape index (κ1) is 18.1. The molecule has 0 unspecified atom stereocenters. The van der Waals surface area contributed by atoms with E-state index in [0.717, 1.165) is 10.5 Å². The van der Waals surface area contributed by atoms with Crippen LogP contribution < -0.4 is 16.0 Å². The summed E-state index contributed by atoms with van der Waals surface area (Å²) in [6.45, 7) is 1.40. The third-order valence-corrected chi connectivity index (χ3v) is 4.95. The lowest BCUT2D eigenvalue weighted by atomic mass is 9.93. The smallest absolute Gasteiger partial charge is 0.287 e. The maximum Gasteiger partial charge on any atom is 0.287 e. The van der Waals surface area contributed by atoms with E-state index in [2.05, 4.69) is 5.32 Å². The van der Waals surface area contributed by atoms with E-state index in [0.29, 0.717) is 31.6 Å².